The fraction of sp³-hybridized carbons (Fsp3) is 0.167. The lowest BCUT2D eigenvalue weighted by atomic mass is 9.91. The first-order valence-corrected chi connectivity index (χ1v) is 9.57. The number of pyridine rings is 1. The van der Waals surface area contributed by atoms with Crippen molar-refractivity contribution in [3.8, 4) is 0 Å². The van der Waals surface area contributed by atoms with Gasteiger partial charge in [0.05, 0.1) is 5.69 Å². The molecule has 0 saturated heterocycles. The van der Waals surface area contributed by atoms with Gasteiger partial charge in [0.1, 0.15) is 11.5 Å². The maximum atomic E-state index is 14.7. The number of carbonyl (C=O) groups excluding carboxylic acids is 1. The van der Waals surface area contributed by atoms with E-state index in [0.717, 1.165) is 28.3 Å². The van der Waals surface area contributed by atoms with Crippen LogP contribution in [0.3, 0.4) is 0 Å². The van der Waals surface area contributed by atoms with Gasteiger partial charge in [0.15, 0.2) is 0 Å². The van der Waals surface area contributed by atoms with Crippen LogP contribution in [0.25, 0.3) is 5.65 Å². The lowest BCUT2D eigenvalue weighted by Crippen LogP contribution is -2.18. The molecule has 2 aromatic carbocycles. The zero-order chi connectivity index (χ0) is 20.4. The first kappa shape index (κ1) is 18.9. The van der Waals surface area contributed by atoms with Crippen molar-refractivity contribution in [1.29, 1.82) is 0 Å². The number of rotatable bonds is 5. The van der Waals surface area contributed by atoms with Crippen molar-refractivity contribution in [1.82, 2.24) is 9.38 Å². The maximum absolute atomic E-state index is 14.7. The highest BCUT2D eigenvalue weighted by atomic mass is 19.1. The Labute approximate surface area is 169 Å². The number of aryl methyl sites for hydroxylation is 2. The van der Waals surface area contributed by atoms with Gasteiger partial charge in [-0.1, -0.05) is 42.0 Å². The number of amides is 1. The van der Waals surface area contributed by atoms with Crippen molar-refractivity contribution in [2.45, 2.75) is 26.2 Å². The van der Waals surface area contributed by atoms with Crippen LogP contribution < -0.4 is 5.32 Å². The third kappa shape index (κ3) is 3.90. The van der Waals surface area contributed by atoms with Gasteiger partial charge >= 0.3 is 0 Å². The van der Waals surface area contributed by atoms with Gasteiger partial charge in [0.2, 0.25) is 5.91 Å². The Hall–Kier alpha value is -3.47. The van der Waals surface area contributed by atoms with Crippen LogP contribution in [0.15, 0.2) is 72.9 Å². The molecule has 0 radical (unpaired) electrons. The molecule has 4 rings (SSSR count). The van der Waals surface area contributed by atoms with Crippen LogP contribution in [-0.4, -0.2) is 15.3 Å². The summed E-state index contributed by atoms with van der Waals surface area (Å²) in [6.07, 6.45) is 1.84. The van der Waals surface area contributed by atoms with Crippen molar-refractivity contribution >= 4 is 17.2 Å². The largest absolute Gasteiger partial charge is 0.326 e. The highest BCUT2D eigenvalue weighted by Crippen LogP contribution is 2.31. The predicted molar refractivity (Wildman–Crippen MR) is 113 cm³/mol. The SMILES string of the molecule is Cc1ccc(NC(=O)CC(c2ccccc2F)c2cnc3cccc(C)n23)cc1. The molecule has 2 heterocycles. The molecular weight excluding hydrogens is 365 g/mol. The van der Waals surface area contributed by atoms with Crippen LogP contribution in [-0.2, 0) is 4.79 Å². The first-order chi connectivity index (χ1) is 14.0. The van der Waals surface area contributed by atoms with E-state index in [9.17, 15) is 9.18 Å². The predicted octanol–water partition coefficient (Wildman–Crippen LogP) is 5.25. The van der Waals surface area contributed by atoms with E-state index in [1.807, 2.05) is 60.7 Å². The fourth-order valence-electron chi connectivity index (χ4n) is 3.64. The molecule has 0 saturated carbocycles. The molecule has 4 nitrogen and oxygen atoms in total. The molecule has 146 valence electrons. The Kier molecular flexibility index (Phi) is 5.12. The van der Waals surface area contributed by atoms with E-state index >= 15 is 0 Å². The van der Waals surface area contributed by atoms with Crippen molar-refractivity contribution in [3.05, 3.63) is 101 Å². The summed E-state index contributed by atoms with van der Waals surface area (Å²) in [5.74, 6) is -0.965. The highest BCUT2D eigenvalue weighted by molar-refractivity contribution is 5.91. The summed E-state index contributed by atoms with van der Waals surface area (Å²) in [6, 6.07) is 20.0. The number of benzene rings is 2. The molecular formula is C24H22FN3O. The lowest BCUT2D eigenvalue weighted by Gasteiger charge is -2.19. The Balaban J connectivity index is 1.72. The van der Waals surface area contributed by atoms with Crippen LogP contribution in [0.1, 0.15) is 34.9 Å². The third-order valence-corrected chi connectivity index (χ3v) is 5.11. The lowest BCUT2D eigenvalue weighted by molar-refractivity contribution is -0.116. The number of aromatic nitrogens is 2. The minimum Gasteiger partial charge on any atom is -0.326 e. The number of imidazole rings is 1. The second-order valence-electron chi connectivity index (χ2n) is 7.24. The average molecular weight is 387 g/mol. The molecule has 29 heavy (non-hydrogen) atoms. The van der Waals surface area contributed by atoms with Gasteiger partial charge in [-0.2, -0.15) is 0 Å². The Morgan fingerprint density at radius 3 is 2.55 bits per heavy atom. The topological polar surface area (TPSA) is 46.4 Å². The Bertz CT molecular complexity index is 1160. The number of fused-ring (bicyclic) bond motifs is 1. The van der Waals surface area contributed by atoms with Gasteiger partial charge in [0, 0.05) is 29.9 Å². The van der Waals surface area contributed by atoms with Crippen molar-refractivity contribution in [3.63, 3.8) is 0 Å². The monoisotopic (exact) mass is 387 g/mol. The molecule has 0 fully saturated rings. The van der Waals surface area contributed by atoms with E-state index in [-0.39, 0.29) is 18.1 Å². The van der Waals surface area contributed by atoms with E-state index < -0.39 is 5.92 Å². The summed E-state index contributed by atoms with van der Waals surface area (Å²) < 4.78 is 16.7. The van der Waals surface area contributed by atoms with Crippen molar-refractivity contribution in [2.24, 2.45) is 0 Å². The van der Waals surface area contributed by atoms with Gasteiger partial charge in [-0.05, 0) is 49.7 Å². The number of anilines is 1. The summed E-state index contributed by atoms with van der Waals surface area (Å²) in [5.41, 5.74) is 4.88. The third-order valence-electron chi connectivity index (χ3n) is 5.11. The summed E-state index contributed by atoms with van der Waals surface area (Å²) >= 11 is 0. The van der Waals surface area contributed by atoms with Gasteiger partial charge in [-0.25, -0.2) is 9.37 Å². The second kappa shape index (κ2) is 7.87. The Morgan fingerprint density at radius 2 is 1.79 bits per heavy atom. The molecule has 0 aliphatic rings. The molecule has 4 aromatic rings. The molecule has 0 spiro atoms. The van der Waals surface area contributed by atoms with E-state index in [0.29, 0.717) is 5.56 Å². The summed E-state index contributed by atoms with van der Waals surface area (Å²) in [4.78, 5) is 17.3. The smallest absolute Gasteiger partial charge is 0.225 e. The number of nitrogens with one attached hydrogen (secondary N) is 1. The zero-order valence-corrected chi connectivity index (χ0v) is 16.4. The molecule has 0 aliphatic carbocycles. The van der Waals surface area contributed by atoms with E-state index in [4.69, 9.17) is 0 Å². The number of halogens is 1. The zero-order valence-electron chi connectivity index (χ0n) is 16.4. The normalized spacial score (nSPS) is 12.1. The van der Waals surface area contributed by atoms with Crippen molar-refractivity contribution in [2.75, 3.05) is 5.32 Å². The number of hydrogen-bond donors (Lipinski definition) is 1. The minimum atomic E-state index is -0.460. The number of nitrogens with zero attached hydrogens (tertiary/aromatic N) is 2. The second-order valence-corrected chi connectivity index (χ2v) is 7.24. The van der Waals surface area contributed by atoms with E-state index in [2.05, 4.69) is 10.3 Å². The fourth-order valence-corrected chi connectivity index (χ4v) is 3.64. The molecule has 1 atom stereocenters. The maximum Gasteiger partial charge on any atom is 0.225 e. The van der Waals surface area contributed by atoms with Crippen LogP contribution in [0.2, 0.25) is 0 Å². The quantitative estimate of drug-likeness (QED) is 0.508. The van der Waals surface area contributed by atoms with E-state index in [1.54, 1.807) is 24.4 Å². The van der Waals surface area contributed by atoms with E-state index in [1.165, 1.54) is 6.07 Å². The van der Waals surface area contributed by atoms with Gasteiger partial charge in [0.25, 0.3) is 0 Å². The molecule has 1 N–H and O–H groups in total. The molecule has 1 amide bonds. The molecule has 5 heteroatoms. The van der Waals surface area contributed by atoms with Gasteiger partial charge < -0.3 is 9.72 Å². The highest BCUT2D eigenvalue weighted by Gasteiger charge is 2.25. The number of hydrogen-bond acceptors (Lipinski definition) is 2. The molecule has 0 aliphatic heterocycles. The standard InChI is InChI=1S/C24H22FN3O/c1-16-10-12-18(13-11-16)27-24(29)14-20(19-7-3-4-8-21(19)25)22-15-26-23-9-5-6-17(2)28(22)23/h3-13,15,20H,14H2,1-2H3,(H,27,29). The minimum absolute atomic E-state index is 0.108. The van der Waals surface area contributed by atoms with Crippen LogP contribution >= 0.6 is 0 Å². The summed E-state index contributed by atoms with van der Waals surface area (Å²) in [7, 11) is 0. The Morgan fingerprint density at radius 1 is 1.03 bits per heavy atom. The van der Waals surface area contributed by atoms with Gasteiger partial charge in [-0.15, -0.1) is 0 Å². The van der Waals surface area contributed by atoms with Crippen LogP contribution in [0.5, 0.6) is 0 Å². The van der Waals surface area contributed by atoms with Crippen LogP contribution in [0, 0.1) is 19.7 Å². The van der Waals surface area contributed by atoms with Crippen molar-refractivity contribution < 1.29 is 9.18 Å². The summed E-state index contributed by atoms with van der Waals surface area (Å²) in [5, 5.41) is 2.92. The van der Waals surface area contributed by atoms with Gasteiger partial charge in [-0.3, -0.25) is 4.79 Å². The summed E-state index contributed by atoms with van der Waals surface area (Å²) in [6.45, 7) is 3.97. The number of carbonyl (C=O) groups is 1. The first-order valence-electron chi connectivity index (χ1n) is 9.57. The van der Waals surface area contributed by atoms with Crippen LogP contribution in [0.4, 0.5) is 10.1 Å². The average Bonchev–Trinajstić information content (AvgIpc) is 3.14. The molecule has 1 unspecified atom stereocenters. The molecule has 0 bridgehead atoms. The molecule has 2 aromatic heterocycles.